The minimum absolute atomic E-state index is 0.137. The van der Waals surface area contributed by atoms with Crippen molar-refractivity contribution in [2.24, 2.45) is 0 Å². The molecule has 0 radical (unpaired) electrons. The zero-order valence-electron chi connectivity index (χ0n) is 13.9. The highest BCUT2D eigenvalue weighted by Crippen LogP contribution is 2.34. The molecule has 1 N–H and O–H groups in total. The fraction of sp³-hybridized carbons (Fsp3) is 0.158. The maximum atomic E-state index is 13.1. The van der Waals surface area contributed by atoms with E-state index >= 15 is 0 Å². The number of amides is 1. The van der Waals surface area contributed by atoms with Crippen LogP contribution in [0.25, 0.3) is 6.08 Å². The van der Waals surface area contributed by atoms with Crippen LogP contribution in [0.4, 0.5) is 10.1 Å². The summed E-state index contributed by atoms with van der Waals surface area (Å²) in [5, 5.41) is 2.63. The Morgan fingerprint density at radius 1 is 1.19 bits per heavy atom. The first-order valence-corrected chi connectivity index (χ1v) is 7.86. The summed E-state index contributed by atoms with van der Waals surface area (Å²) < 4.78 is 28.5. The molecular weight excluding hydrogens is 341 g/mol. The van der Waals surface area contributed by atoms with Crippen LogP contribution in [0, 0.1) is 5.82 Å². The van der Waals surface area contributed by atoms with Crippen LogP contribution < -0.4 is 14.8 Å². The van der Waals surface area contributed by atoms with Crippen LogP contribution in [0.2, 0.25) is 0 Å². The van der Waals surface area contributed by atoms with Gasteiger partial charge in [-0.3, -0.25) is 4.79 Å². The number of benzene rings is 2. The van der Waals surface area contributed by atoms with Crippen LogP contribution in [0.5, 0.6) is 11.5 Å². The van der Waals surface area contributed by atoms with Crippen LogP contribution >= 0.6 is 0 Å². The predicted molar refractivity (Wildman–Crippen MR) is 92.2 cm³/mol. The number of ether oxygens (including phenoxy) is 3. The standard InChI is InChI=1S/C19H16FNO5/c1-12(26-18(22)8-5-13-3-2-4-14(20)9-13)19(23)21-15-6-7-16-17(10-15)25-11-24-16/h2-10,12H,11H2,1H3,(H,21,23)/b8-5+/t12-/m1/s1. The summed E-state index contributed by atoms with van der Waals surface area (Å²) in [7, 11) is 0. The fourth-order valence-electron chi connectivity index (χ4n) is 2.26. The van der Waals surface area contributed by atoms with Gasteiger partial charge in [0.1, 0.15) is 5.82 Å². The topological polar surface area (TPSA) is 73.9 Å². The number of hydrogen-bond donors (Lipinski definition) is 1. The maximum absolute atomic E-state index is 13.1. The number of rotatable bonds is 5. The minimum atomic E-state index is -1.01. The molecule has 1 aliphatic rings. The molecule has 0 aromatic heterocycles. The molecule has 26 heavy (non-hydrogen) atoms. The van der Waals surface area contributed by atoms with Crippen molar-refractivity contribution in [3.8, 4) is 11.5 Å². The van der Waals surface area contributed by atoms with Crippen LogP contribution in [0.3, 0.4) is 0 Å². The predicted octanol–water partition coefficient (Wildman–Crippen LogP) is 3.14. The Hall–Kier alpha value is -3.35. The van der Waals surface area contributed by atoms with Gasteiger partial charge in [-0.05, 0) is 42.8 Å². The van der Waals surface area contributed by atoms with Gasteiger partial charge in [0.25, 0.3) is 5.91 Å². The van der Waals surface area contributed by atoms with Crippen molar-refractivity contribution in [2.45, 2.75) is 13.0 Å². The van der Waals surface area contributed by atoms with Crippen molar-refractivity contribution in [3.05, 3.63) is 59.9 Å². The SMILES string of the molecule is C[C@@H](OC(=O)/C=C/c1cccc(F)c1)C(=O)Nc1ccc2c(c1)OCO2. The van der Waals surface area contributed by atoms with Gasteiger partial charge in [-0.25, -0.2) is 9.18 Å². The van der Waals surface area contributed by atoms with Crippen molar-refractivity contribution in [3.63, 3.8) is 0 Å². The number of hydrogen-bond acceptors (Lipinski definition) is 5. The molecule has 7 heteroatoms. The minimum Gasteiger partial charge on any atom is -0.454 e. The Morgan fingerprint density at radius 2 is 2.00 bits per heavy atom. The van der Waals surface area contributed by atoms with E-state index in [1.165, 1.54) is 31.2 Å². The van der Waals surface area contributed by atoms with Crippen molar-refractivity contribution in [2.75, 3.05) is 12.1 Å². The number of halogens is 1. The van der Waals surface area contributed by atoms with Gasteiger partial charge in [-0.2, -0.15) is 0 Å². The number of carbonyl (C=O) groups is 2. The van der Waals surface area contributed by atoms with Gasteiger partial charge in [0.2, 0.25) is 6.79 Å². The molecule has 1 aliphatic heterocycles. The van der Waals surface area contributed by atoms with E-state index in [0.29, 0.717) is 22.7 Å². The number of esters is 1. The van der Waals surface area contributed by atoms with E-state index in [0.717, 1.165) is 6.08 Å². The lowest BCUT2D eigenvalue weighted by Gasteiger charge is -2.12. The molecule has 2 aromatic rings. The third-order valence-electron chi connectivity index (χ3n) is 3.56. The van der Waals surface area contributed by atoms with E-state index in [1.54, 1.807) is 24.3 Å². The van der Waals surface area contributed by atoms with Crippen LogP contribution in [0.15, 0.2) is 48.5 Å². The van der Waals surface area contributed by atoms with Gasteiger partial charge < -0.3 is 19.5 Å². The second-order valence-corrected chi connectivity index (χ2v) is 5.52. The lowest BCUT2D eigenvalue weighted by molar-refractivity contribution is -0.148. The molecule has 0 saturated carbocycles. The van der Waals surface area contributed by atoms with Gasteiger partial charge in [0.05, 0.1) is 0 Å². The van der Waals surface area contributed by atoms with Crippen LogP contribution in [0.1, 0.15) is 12.5 Å². The molecule has 134 valence electrons. The molecular formula is C19H16FNO5. The number of fused-ring (bicyclic) bond motifs is 1. The van der Waals surface area contributed by atoms with Gasteiger partial charge in [0.15, 0.2) is 17.6 Å². The Labute approximate surface area is 149 Å². The molecule has 0 spiro atoms. The quantitative estimate of drug-likeness (QED) is 0.657. The summed E-state index contributed by atoms with van der Waals surface area (Å²) in [5.74, 6) is -0.466. The molecule has 1 amide bonds. The Kier molecular flexibility index (Phi) is 5.17. The molecule has 0 aliphatic carbocycles. The van der Waals surface area contributed by atoms with Crippen molar-refractivity contribution in [1.29, 1.82) is 0 Å². The zero-order chi connectivity index (χ0) is 18.5. The van der Waals surface area contributed by atoms with Gasteiger partial charge in [-0.1, -0.05) is 12.1 Å². The molecule has 1 atom stereocenters. The summed E-state index contributed by atoms with van der Waals surface area (Å²) in [5.41, 5.74) is 1.01. The van der Waals surface area contributed by atoms with Gasteiger partial charge in [-0.15, -0.1) is 0 Å². The van der Waals surface area contributed by atoms with E-state index in [4.69, 9.17) is 14.2 Å². The van der Waals surface area contributed by atoms with Crippen molar-refractivity contribution >= 4 is 23.6 Å². The summed E-state index contributed by atoms with van der Waals surface area (Å²) in [6.45, 7) is 1.59. The Balaban J connectivity index is 1.54. The molecule has 6 nitrogen and oxygen atoms in total. The maximum Gasteiger partial charge on any atom is 0.331 e. The van der Waals surface area contributed by atoms with E-state index in [2.05, 4.69) is 5.32 Å². The van der Waals surface area contributed by atoms with E-state index in [1.807, 2.05) is 0 Å². The first kappa shape index (κ1) is 17.5. The highest BCUT2D eigenvalue weighted by molar-refractivity contribution is 5.96. The number of nitrogens with one attached hydrogen (secondary N) is 1. The average molecular weight is 357 g/mol. The summed E-state index contributed by atoms with van der Waals surface area (Å²) in [4.78, 5) is 23.9. The van der Waals surface area contributed by atoms with Crippen molar-refractivity contribution < 1.29 is 28.2 Å². The highest BCUT2D eigenvalue weighted by atomic mass is 19.1. The van der Waals surface area contributed by atoms with Gasteiger partial charge in [0, 0.05) is 17.8 Å². The normalized spacial score (nSPS) is 13.5. The van der Waals surface area contributed by atoms with Crippen LogP contribution in [-0.4, -0.2) is 24.8 Å². The van der Waals surface area contributed by atoms with E-state index < -0.39 is 23.8 Å². The molecule has 0 fully saturated rings. The zero-order valence-corrected chi connectivity index (χ0v) is 13.9. The monoisotopic (exact) mass is 357 g/mol. The molecule has 0 saturated heterocycles. The summed E-state index contributed by atoms with van der Waals surface area (Å²) in [6, 6.07) is 10.7. The lowest BCUT2D eigenvalue weighted by Crippen LogP contribution is -2.29. The molecule has 3 rings (SSSR count). The highest BCUT2D eigenvalue weighted by Gasteiger charge is 2.19. The molecule has 0 bridgehead atoms. The second kappa shape index (κ2) is 7.69. The fourth-order valence-corrected chi connectivity index (χ4v) is 2.26. The number of anilines is 1. The lowest BCUT2D eigenvalue weighted by atomic mass is 10.2. The average Bonchev–Trinajstić information content (AvgIpc) is 3.07. The first-order chi connectivity index (χ1) is 12.5. The largest absolute Gasteiger partial charge is 0.454 e. The summed E-state index contributed by atoms with van der Waals surface area (Å²) >= 11 is 0. The number of carbonyl (C=O) groups excluding carboxylic acids is 2. The summed E-state index contributed by atoms with van der Waals surface area (Å²) in [6.07, 6.45) is 1.54. The smallest absolute Gasteiger partial charge is 0.331 e. The molecule has 1 heterocycles. The molecule has 0 unspecified atom stereocenters. The van der Waals surface area contributed by atoms with E-state index in [-0.39, 0.29) is 6.79 Å². The van der Waals surface area contributed by atoms with E-state index in [9.17, 15) is 14.0 Å². The van der Waals surface area contributed by atoms with Gasteiger partial charge >= 0.3 is 5.97 Å². The third kappa shape index (κ3) is 4.38. The Morgan fingerprint density at radius 3 is 2.81 bits per heavy atom. The molecule has 2 aromatic carbocycles. The third-order valence-corrected chi connectivity index (χ3v) is 3.56. The second-order valence-electron chi connectivity index (χ2n) is 5.52. The van der Waals surface area contributed by atoms with Crippen molar-refractivity contribution in [1.82, 2.24) is 0 Å². The first-order valence-electron chi connectivity index (χ1n) is 7.86. The Bertz CT molecular complexity index is 865. The van der Waals surface area contributed by atoms with Crippen LogP contribution in [-0.2, 0) is 14.3 Å².